The first-order chi connectivity index (χ1) is 13.6. The first kappa shape index (κ1) is 21.5. The molecule has 1 aliphatic heterocycles. The van der Waals surface area contributed by atoms with Gasteiger partial charge in [0.15, 0.2) is 0 Å². The second kappa shape index (κ2) is 8.67. The van der Waals surface area contributed by atoms with E-state index in [0.29, 0.717) is 22.8 Å². The fraction of sp³-hybridized carbons (Fsp3) is 0.391. The lowest BCUT2D eigenvalue weighted by Gasteiger charge is -2.27. The molecule has 1 aromatic carbocycles. The molecule has 4 nitrogen and oxygen atoms in total. The summed E-state index contributed by atoms with van der Waals surface area (Å²) in [5.74, 6) is 4.35. The molecule has 0 spiro atoms. The lowest BCUT2D eigenvalue weighted by atomic mass is 9.95. The highest BCUT2D eigenvalue weighted by atomic mass is 32.2. The van der Waals surface area contributed by atoms with Crippen LogP contribution in [0.2, 0.25) is 0 Å². The van der Waals surface area contributed by atoms with Crippen LogP contribution in [-0.2, 0) is 21.6 Å². The van der Waals surface area contributed by atoms with Gasteiger partial charge < -0.3 is 4.98 Å². The summed E-state index contributed by atoms with van der Waals surface area (Å²) in [4.78, 5) is 16.6. The minimum absolute atomic E-state index is 0.208. The summed E-state index contributed by atoms with van der Waals surface area (Å²) in [6, 6.07) is 10.7. The Morgan fingerprint density at radius 1 is 1.21 bits per heavy atom. The summed E-state index contributed by atoms with van der Waals surface area (Å²) >= 11 is 0. The number of benzene rings is 1. The Bertz CT molecular complexity index is 1010. The molecule has 1 N–H and O–H groups in total. The molecule has 1 aliphatic rings. The molecule has 0 radical (unpaired) electrons. The summed E-state index contributed by atoms with van der Waals surface area (Å²) in [6.45, 7) is 5.59. The van der Waals surface area contributed by atoms with Gasteiger partial charge in [0.25, 0.3) is 0 Å². The smallest absolute Gasteiger partial charge is 0.247 e. The molecular weight excluding hydrogens is 387 g/mol. The van der Waals surface area contributed by atoms with E-state index in [1.54, 1.807) is 19.9 Å². The zero-order valence-electron chi connectivity index (χ0n) is 17.1. The Labute approximate surface area is 172 Å². The van der Waals surface area contributed by atoms with Crippen LogP contribution in [0.5, 0.6) is 0 Å². The Balaban J connectivity index is 1.53. The molecule has 0 bridgehead atoms. The van der Waals surface area contributed by atoms with Crippen LogP contribution < -0.4 is 5.56 Å². The number of pyridine rings is 1. The molecule has 156 valence electrons. The van der Waals surface area contributed by atoms with Crippen molar-refractivity contribution in [1.29, 1.82) is 0 Å². The molecular formula is C23H29FN2O2S. The van der Waals surface area contributed by atoms with Crippen molar-refractivity contribution in [1.82, 2.24) is 9.88 Å². The number of alkyl halides is 1. The van der Waals surface area contributed by atoms with Crippen LogP contribution in [0, 0.1) is 0 Å². The molecule has 1 atom stereocenters. The van der Waals surface area contributed by atoms with E-state index in [1.165, 1.54) is 23.4 Å². The van der Waals surface area contributed by atoms with Gasteiger partial charge in [-0.1, -0.05) is 35.9 Å². The van der Waals surface area contributed by atoms with Gasteiger partial charge in [0.05, 0.1) is 0 Å². The molecule has 0 saturated heterocycles. The van der Waals surface area contributed by atoms with Gasteiger partial charge in [-0.25, -0.2) is 4.39 Å². The van der Waals surface area contributed by atoms with Gasteiger partial charge in [-0.3, -0.25) is 13.9 Å². The summed E-state index contributed by atoms with van der Waals surface area (Å²) in [7, 11) is -2.42. The van der Waals surface area contributed by atoms with Crippen molar-refractivity contribution >= 4 is 15.4 Å². The molecule has 0 amide bonds. The first-order valence-corrected chi connectivity index (χ1v) is 11.8. The Kier molecular flexibility index (Phi) is 6.44. The number of hydrogen-bond donors (Lipinski definition) is 1. The molecule has 29 heavy (non-hydrogen) atoms. The molecule has 0 saturated carbocycles. The summed E-state index contributed by atoms with van der Waals surface area (Å²) < 4.78 is 26.8. The van der Waals surface area contributed by atoms with Crippen molar-refractivity contribution in [3.8, 4) is 0 Å². The number of hydrogen-bond acceptors (Lipinski definition) is 3. The van der Waals surface area contributed by atoms with Crippen LogP contribution in [0.15, 0.2) is 63.9 Å². The van der Waals surface area contributed by atoms with Crippen LogP contribution in [0.3, 0.4) is 0 Å². The van der Waals surface area contributed by atoms with Crippen LogP contribution in [0.1, 0.15) is 31.4 Å². The highest BCUT2D eigenvalue weighted by Gasteiger charge is 2.19. The van der Waals surface area contributed by atoms with Crippen LogP contribution >= 0.6 is 0 Å². The Morgan fingerprint density at radius 3 is 2.48 bits per heavy atom. The number of nitrogens with one attached hydrogen (secondary N) is 1. The zero-order chi connectivity index (χ0) is 21.1. The average molecular weight is 417 g/mol. The van der Waals surface area contributed by atoms with E-state index in [2.05, 4.69) is 21.8 Å². The third kappa shape index (κ3) is 5.90. The summed E-state index contributed by atoms with van der Waals surface area (Å²) in [5, 5.41) is 0. The predicted molar refractivity (Wildman–Crippen MR) is 119 cm³/mol. The fourth-order valence-corrected chi connectivity index (χ4v) is 4.80. The average Bonchev–Trinajstić information content (AvgIpc) is 2.68. The maximum absolute atomic E-state index is 14.0. The molecule has 2 aromatic rings. The molecule has 0 aliphatic carbocycles. The van der Waals surface area contributed by atoms with Crippen molar-refractivity contribution in [2.24, 2.45) is 0 Å². The maximum Gasteiger partial charge on any atom is 0.247 e. The quantitative estimate of drug-likeness (QED) is 0.555. The highest BCUT2D eigenvalue weighted by molar-refractivity contribution is 8.00. The van der Waals surface area contributed by atoms with E-state index in [9.17, 15) is 13.4 Å². The minimum Gasteiger partial charge on any atom is -0.328 e. The van der Waals surface area contributed by atoms with Crippen molar-refractivity contribution in [3.63, 3.8) is 0 Å². The highest BCUT2D eigenvalue weighted by Crippen LogP contribution is 2.25. The SMILES string of the molecule is C=S(=O)(CCN1CC=C(Cc2ccc(C(C)(C)F)cc2)CC1)c1ccc(=O)[nH]c1. The third-order valence-corrected chi connectivity index (χ3v) is 7.34. The largest absolute Gasteiger partial charge is 0.328 e. The van der Waals surface area contributed by atoms with Gasteiger partial charge in [-0.15, -0.1) is 0 Å². The van der Waals surface area contributed by atoms with E-state index in [1.807, 2.05) is 24.3 Å². The number of halogens is 1. The van der Waals surface area contributed by atoms with E-state index in [4.69, 9.17) is 0 Å². The number of aromatic amines is 1. The van der Waals surface area contributed by atoms with Crippen molar-refractivity contribution in [2.45, 2.75) is 37.3 Å². The second-order valence-corrected chi connectivity index (χ2v) is 10.7. The number of H-pyrrole nitrogens is 1. The van der Waals surface area contributed by atoms with E-state index < -0.39 is 15.2 Å². The van der Waals surface area contributed by atoms with Gasteiger partial charge in [0, 0.05) is 42.5 Å². The van der Waals surface area contributed by atoms with E-state index in [-0.39, 0.29) is 5.56 Å². The van der Waals surface area contributed by atoms with Crippen molar-refractivity contribution in [3.05, 3.63) is 75.7 Å². The number of aromatic nitrogens is 1. The minimum atomic E-state index is -2.42. The normalized spacial score (nSPS) is 17.6. The third-order valence-electron chi connectivity index (χ3n) is 5.38. The van der Waals surface area contributed by atoms with Gasteiger partial charge in [0.1, 0.15) is 5.67 Å². The zero-order valence-corrected chi connectivity index (χ0v) is 17.9. The summed E-state index contributed by atoms with van der Waals surface area (Å²) in [5.41, 5.74) is 1.75. The molecule has 1 aromatic heterocycles. The molecule has 3 rings (SSSR count). The topological polar surface area (TPSA) is 53.2 Å². The Morgan fingerprint density at radius 2 is 1.93 bits per heavy atom. The van der Waals surface area contributed by atoms with Crippen LogP contribution in [0.4, 0.5) is 4.39 Å². The lowest BCUT2D eigenvalue weighted by molar-refractivity contribution is 0.221. The van der Waals surface area contributed by atoms with Crippen molar-refractivity contribution in [2.75, 3.05) is 25.4 Å². The number of rotatable bonds is 7. The van der Waals surface area contributed by atoms with Gasteiger partial charge in [-0.2, -0.15) is 0 Å². The standard InChI is InChI=1S/C23H29FN2O2S/c1-23(2,24)20-6-4-18(5-7-20)16-19-10-12-26(13-11-19)14-15-29(3,28)21-8-9-22(27)25-17-21/h4-10,17H,3,11-16H2,1-2H3,(H,25,27). The van der Waals surface area contributed by atoms with E-state index in [0.717, 1.165) is 25.9 Å². The van der Waals surface area contributed by atoms with Gasteiger partial charge in [0.2, 0.25) is 5.56 Å². The molecule has 2 heterocycles. The molecule has 0 fully saturated rings. The Hall–Kier alpha value is -2.18. The number of nitrogens with zero attached hydrogens (tertiary/aromatic N) is 1. The van der Waals surface area contributed by atoms with Crippen LogP contribution in [0.25, 0.3) is 0 Å². The second-order valence-electron chi connectivity index (χ2n) is 8.16. The van der Waals surface area contributed by atoms with E-state index >= 15 is 0 Å². The monoisotopic (exact) mass is 416 g/mol. The molecule has 1 unspecified atom stereocenters. The maximum atomic E-state index is 14.0. The molecule has 6 heteroatoms. The van der Waals surface area contributed by atoms with Crippen molar-refractivity contribution < 1.29 is 8.60 Å². The van der Waals surface area contributed by atoms with Gasteiger partial charge in [-0.05, 0) is 59.3 Å². The van der Waals surface area contributed by atoms with Gasteiger partial charge >= 0.3 is 0 Å². The van der Waals surface area contributed by atoms with Crippen LogP contribution in [-0.4, -0.2) is 45.4 Å². The fourth-order valence-electron chi connectivity index (χ4n) is 3.42. The lowest BCUT2D eigenvalue weighted by Crippen LogP contribution is -2.33. The summed E-state index contributed by atoms with van der Waals surface area (Å²) in [6.07, 6.45) is 5.58. The first-order valence-electron chi connectivity index (χ1n) is 9.86. The predicted octanol–water partition coefficient (Wildman–Crippen LogP) is 3.53.